The zero-order valence-corrected chi connectivity index (χ0v) is 24.7. The van der Waals surface area contributed by atoms with Crippen LogP contribution in [-0.4, -0.2) is 72.3 Å². The molecule has 7 heteroatoms. The van der Waals surface area contributed by atoms with Crippen molar-refractivity contribution in [1.29, 1.82) is 0 Å². The van der Waals surface area contributed by atoms with Crippen molar-refractivity contribution < 1.29 is 9.59 Å². The fraction of sp³-hybridized carbons (Fsp3) is 0.562. The first kappa shape index (κ1) is 28.4. The Kier molecular flexibility index (Phi) is 8.90. The van der Waals surface area contributed by atoms with Gasteiger partial charge in [-0.05, 0) is 94.3 Å². The summed E-state index contributed by atoms with van der Waals surface area (Å²) >= 11 is 12.7. The Morgan fingerprint density at radius 3 is 2.15 bits per heavy atom. The molecule has 3 saturated heterocycles. The van der Waals surface area contributed by atoms with Gasteiger partial charge < -0.3 is 14.7 Å². The van der Waals surface area contributed by atoms with E-state index in [0.717, 1.165) is 97.2 Å². The van der Waals surface area contributed by atoms with Gasteiger partial charge in [0.2, 0.25) is 11.8 Å². The molecule has 3 aliphatic heterocycles. The van der Waals surface area contributed by atoms with Gasteiger partial charge >= 0.3 is 0 Å². The number of carbonyl (C=O) groups is 2. The molecule has 210 valence electrons. The van der Waals surface area contributed by atoms with E-state index in [-0.39, 0.29) is 11.3 Å². The molecule has 0 aromatic heterocycles. The minimum Gasteiger partial charge on any atom is -0.342 e. The minimum absolute atomic E-state index is 0.118. The molecular formula is C32H41Cl2N3O2. The maximum Gasteiger partial charge on any atom is 0.233 e. The lowest BCUT2D eigenvalue weighted by atomic mass is 9.70. The van der Waals surface area contributed by atoms with Crippen LogP contribution in [0, 0.1) is 0 Å². The van der Waals surface area contributed by atoms with Crippen LogP contribution in [-0.2, 0) is 20.4 Å². The summed E-state index contributed by atoms with van der Waals surface area (Å²) in [5.41, 5.74) is 1.83. The zero-order chi connectivity index (χ0) is 27.5. The fourth-order valence-electron chi connectivity index (χ4n) is 7.22. The first-order valence-corrected chi connectivity index (χ1v) is 15.4. The smallest absolute Gasteiger partial charge is 0.233 e. The van der Waals surface area contributed by atoms with Gasteiger partial charge in [-0.3, -0.25) is 9.59 Å². The Hall–Kier alpha value is -2.08. The molecule has 5 rings (SSSR count). The average molecular weight is 571 g/mol. The molecule has 0 aliphatic carbocycles. The van der Waals surface area contributed by atoms with E-state index in [1.165, 1.54) is 11.1 Å². The summed E-state index contributed by atoms with van der Waals surface area (Å²) < 4.78 is 0. The van der Waals surface area contributed by atoms with Crippen molar-refractivity contribution in [3.05, 3.63) is 69.7 Å². The molecule has 2 aromatic carbocycles. The number of benzene rings is 2. The molecule has 3 heterocycles. The topological polar surface area (TPSA) is 43.9 Å². The summed E-state index contributed by atoms with van der Waals surface area (Å²) in [6.07, 6.45) is 8.00. The van der Waals surface area contributed by atoms with Crippen LogP contribution in [0.3, 0.4) is 0 Å². The van der Waals surface area contributed by atoms with Crippen molar-refractivity contribution >= 4 is 35.0 Å². The second-order valence-corrected chi connectivity index (χ2v) is 12.7. The SMILES string of the molecule is CC(=O)N1CCCC(CCCN2CCC(C(=O)N3CCCC3)(c3ccccc3)CC2)(c2ccc(Cl)c(Cl)c2)C1. The second-order valence-electron chi connectivity index (χ2n) is 11.8. The molecule has 0 bridgehead atoms. The number of hydrogen-bond acceptors (Lipinski definition) is 3. The first-order valence-electron chi connectivity index (χ1n) is 14.6. The molecule has 3 aliphatic rings. The van der Waals surface area contributed by atoms with Crippen LogP contribution < -0.4 is 0 Å². The van der Waals surface area contributed by atoms with Crippen molar-refractivity contribution in [2.24, 2.45) is 0 Å². The van der Waals surface area contributed by atoms with Crippen LogP contribution in [0.5, 0.6) is 0 Å². The van der Waals surface area contributed by atoms with Crippen LogP contribution in [0.15, 0.2) is 48.5 Å². The van der Waals surface area contributed by atoms with Crippen LogP contribution in [0.4, 0.5) is 0 Å². The van der Waals surface area contributed by atoms with Crippen LogP contribution in [0.2, 0.25) is 10.0 Å². The minimum atomic E-state index is -0.408. The molecule has 2 aromatic rings. The first-order chi connectivity index (χ1) is 18.8. The van der Waals surface area contributed by atoms with E-state index < -0.39 is 5.41 Å². The van der Waals surface area contributed by atoms with Crippen molar-refractivity contribution in [2.45, 2.75) is 69.1 Å². The molecule has 1 unspecified atom stereocenters. The summed E-state index contributed by atoms with van der Waals surface area (Å²) in [4.78, 5) is 32.8. The summed E-state index contributed by atoms with van der Waals surface area (Å²) in [7, 11) is 0. The van der Waals surface area contributed by atoms with E-state index in [2.05, 4.69) is 40.1 Å². The van der Waals surface area contributed by atoms with Crippen molar-refractivity contribution in [3.63, 3.8) is 0 Å². The maximum atomic E-state index is 13.8. The molecule has 1 atom stereocenters. The highest BCUT2D eigenvalue weighted by atomic mass is 35.5. The number of piperidine rings is 2. The molecule has 0 radical (unpaired) electrons. The largest absolute Gasteiger partial charge is 0.342 e. The fourth-order valence-corrected chi connectivity index (χ4v) is 7.51. The molecular weight excluding hydrogens is 529 g/mol. The van der Waals surface area contributed by atoms with Gasteiger partial charge in [0, 0.05) is 38.5 Å². The normalized spacial score (nSPS) is 23.7. The van der Waals surface area contributed by atoms with Crippen LogP contribution in [0.1, 0.15) is 69.4 Å². The number of carbonyl (C=O) groups excluding carboxylic acids is 2. The Morgan fingerprint density at radius 1 is 0.795 bits per heavy atom. The van der Waals surface area contributed by atoms with Gasteiger partial charge in [-0.2, -0.15) is 0 Å². The molecule has 39 heavy (non-hydrogen) atoms. The molecule has 0 spiro atoms. The third-order valence-electron chi connectivity index (χ3n) is 9.52. The summed E-state index contributed by atoms with van der Waals surface area (Å²) in [6.45, 7) is 7.84. The lowest BCUT2D eigenvalue weighted by Gasteiger charge is -2.45. The number of nitrogens with zero attached hydrogens (tertiary/aromatic N) is 3. The summed E-state index contributed by atoms with van der Waals surface area (Å²) in [5, 5.41) is 1.14. The standard InChI is InChI=1S/C32H41Cl2N3O2/c1-25(38)37-20-8-14-31(24-37,27-11-12-28(33)29(34)23-27)13-7-17-35-21-15-32(16-22-35,26-9-3-2-4-10-26)30(39)36-18-5-6-19-36/h2-4,9-12,23H,5-8,13-22,24H2,1H3. The van der Waals surface area contributed by atoms with E-state index in [0.29, 0.717) is 16.0 Å². The van der Waals surface area contributed by atoms with E-state index in [1.54, 1.807) is 6.92 Å². The molecule has 0 N–H and O–H groups in total. The number of hydrogen-bond donors (Lipinski definition) is 0. The Morgan fingerprint density at radius 2 is 1.49 bits per heavy atom. The second kappa shape index (κ2) is 12.2. The van der Waals surface area contributed by atoms with Crippen molar-refractivity contribution in [3.8, 4) is 0 Å². The quantitative estimate of drug-likeness (QED) is 0.392. The van der Waals surface area contributed by atoms with Gasteiger partial charge in [-0.1, -0.05) is 59.6 Å². The van der Waals surface area contributed by atoms with Gasteiger partial charge in [0.05, 0.1) is 15.5 Å². The third-order valence-corrected chi connectivity index (χ3v) is 10.3. The molecule has 3 fully saturated rings. The zero-order valence-electron chi connectivity index (χ0n) is 23.1. The van der Waals surface area contributed by atoms with E-state index in [1.807, 2.05) is 23.1 Å². The molecule has 0 saturated carbocycles. The van der Waals surface area contributed by atoms with Gasteiger partial charge in [0.15, 0.2) is 0 Å². The number of rotatable bonds is 7. The Bertz CT molecular complexity index is 1160. The highest BCUT2D eigenvalue weighted by Gasteiger charge is 2.45. The lowest BCUT2D eigenvalue weighted by Crippen LogP contribution is -2.52. The van der Waals surface area contributed by atoms with Gasteiger partial charge in [0.1, 0.15) is 0 Å². The lowest BCUT2D eigenvalue weighted by molar-refractivity contribution is -0.138. The molecule has 2 amide bonds. The van der Waals surface area contributed by atoms with Gasteiger partial charge in [-0.25, -0.2) is 0 Å². The third kappa shape index (κ3) is 6.01. The molecule has 5 nitrogen and oxygen atoms in total. The van der Waals surface area contributed by atoms with Crippen LogP contribution >= 0.6 is 23.2 Å². The van der Waals surface area contributed by atoms with E-state index in [9.17, 15) is 9.59 Å². The number of halogens is 2. The average Bonchev–Trinajstić information content (AvgIpc) is 3.50. The maximum absolute atomic E-state index is 13.8. The Labute approximate surface area is 243 Å². The number of amides is 2. The van der Waals surface area contributed by atoms with E-state index in [4.69, 9.17) is 23.2 Å². The Balaban J connectivity index is 1.27. The van der Waals surface area contributed by atoms with Gasteiger partial charge in [0.25, 0.3) is 0 Å². The monoisotopic (exact) mass is 569 g/mol. The van der Waals surface area contributed by atoms with Crippen LogP contribution in [0.25, 0.3) is 0 Å². The van der Waals surface area contributed by atoms with Crippen molar-refractivity contribution in [1.82, 2.24) is 14.7 Å². The van der Waals surface area contributed by atoms with Crippen molar-refractivity contribution in [2.75, 3.05) is 45.8 Å². The predicted molar refractivity (Wildman–Crippen MR) is 158 cm³/mol. The number of likely N-dealkylation sites (tertiary alicyclic amines) is 3. The summed E-state index contributed by atoms with van der Waals surface area (Å²) in [6, 6.07) is 16.5. The predicted octanol–water partition coefficient (Wildman–Crippen LogP) is 6.31. The summed E-state index contributed by atoms with van der Waals surface area (Å²) in [5.74, 6) is 0.464. The van der Waals surface area contributed by atoms with Gasteiger partial charge in [-0.15, -0.1) is 0 Å². The van der Waals surface area contributed by atoms with E-state index >= 15 is 0 Å². The highest BCUT2D eigenvalue weighted by Crippen LogP contribution is 2.42. The highest BCUT2D eigenvalue weighted by molar-refractivity contribution is 6.42.